The third-order valence-electron chi connectivity index (χ3n) is 2.34. The molecule has 0 saturated heterocycles. The van der Waals surface area contributed by atoms with E-state index in [9.17, 15) is 0 Å². The van der Waals surface area contributed by atoms with Gasteiger partial charge in [0.15, 0.2) is 0 Å². The maximum atomic E-state index is 5.00. The van der Waals surface area contributed by atoms with Crippen LogP contribution in [-0.2, 0) is 4.74 Å². The minimum Gasteiger partial charge on any atom is -0.385 e. The van der Waals surface area contributed by atoms with E-state index in [4.69, 9.17) is 4.74 Å². The standard InChI is InChI=1S/C12H27NO/c1-11(2)10-12(3)13-8-6-5-7-9-14-4/h11-13H,5-10H2,1-4H3. The molecule has 0 aliphatic carbocycles. The summed E-state index contributed by atoms with van der Waals surface area (Å²) in [5.41, 5.74) is 0. The predicted molar refractivity (Wildman–Crippen MR) is 62.6 cm³/mol. The van der Waals surface area contributed by atoms with E-state index in [2.05, 4.69) is 26.1 Å². The molecule has 1 unspecified atom stereocenters. The van der Waals surface area contributed by atoms with Crippen LogP contribution in [0.4, 0.5) is 0 Å². The van der Waals surface area contributed by atoms with Crippen molar-refractivity contribution in [1.82, 2.24) is 5.32 Å². The van der Waals surface area contributed by atoms with Crippen LogP contribution in [0.15, 0.2) is 0 Å². The first kappa shape index (κ1) is 13.9. The van der Waals surface area contributed by atoms with Crippen LogP contribution in [0.3, 0.4) is 0 Å². The molecule has 0 saturated carbocycles. The predicted octanol–water partition coefficient (Wildman–Crippen LogP) is 2.83. The van der Waals surface area contributed by atoms with Crippen molar-refractivity contribution >= 4 is 0 Å². The Labute approximate surface area is 89.4 Å². The van der Waals surface area contributed by atoms with E-state index in [1.165, 1.54) is 25.7 Å². The Kier molecular flexibility index (Phi) is 9.42. The van der Waals surface area contributed by atoms with Gasteiger partial charge in [-0.15, -0.1) is 0 Å². The number of rotatable bonds is 9. The van der Waals surface area contributed by atoms with E-state index in [0.717, 1.165) is 19.1 Å². The lowest BCUT2D eigenvalue weighted by Gasteiger charge is -2.15. The zero-order chi connectivity index (χ0) is 10.8. The van der Waals surface area contributed by atoms with Crippen LogP contribution in [0.25, 0.3) is 0 Å². The van der Waals surface area contributed by atoms with Crippen LogP contribution in [-0.4, -0.2) is 26.3 Å². The summed E-state index contributed by atoms with van der Waals surface area (Å²) in [7, 11) is 1.77. The van der Waals surface area contributed by atoms with Gasteiger partial charge in [0.25, 0.3) is 0 Å². The van der Waals surface area contributed by atoms with Crippen molar-refractivity contribution in [2.24, 2.45) is 5.92 Å². The molecule has 1 atom stereocenters. The molecular formula is C12H27NO. The molecule has 0 rings (SSSR count). The molecule has 0 aromatic rings. The normalized spacial score (nSPS) is 13.5. The first-order chi connectivity index (χ1) is 6.66. The Morgan fingerprint density at radius 2 is 1.79 bits per heavy atom. The highest BCUT2D eigenvalue weighted by Gasteiger charge is 2.02. The SMILES string of the molecule is COCCCCCNC(C)CC(C)C. The molecule has 0 amide bonds. The maximum Gasteiger partial charge on any atom is 0.0462 e. The van der Waals surface area contributed by atoms with Crippen molar-refractivity contribution in [3.8, 4) is 0 Å². The minimum absolute atomic E-state index is 0.664. The second-order valence-corrected chi connectivity index (χ2v) is 4.54. The quantitative estimate of drug-likeness (QED) is 0.579. The number of ether oxygens (including phenoxy) is 1. The van der Waals surface area contributed by atoms with Crippen LogP contribution in [0, 0.1) is 5.92 Å². The van der Waals surface area contributed by atoms with Crippen molar-refractivity contribution < 1.29 is 4.74 Å². The van der Waals surface area contributed by atoms with E-state index in [0.29, 0.717) is 6.04 Å². The third-order valence-corrected chi connectivity index (χ3v) is 2.34. The van der Waals surface area contributed by atoms with E-state index in [1.807, 2.05) is 0 Å². The summed E-state index contributed by atoms with van der Waals surface area (Å²) in [6.07, 6.45) is 5.01. The lowest BCUT2D eigenvalue weighted by molar-refractivity contribution is 0.192. The number of hydrogen-bond donors (Lipinski definition) is 1. The van der Waals surface area contributed by atoms with Crippen molar-refractivity contribution in [3.05, 3.63) is 0 Å². The summed E-state index contributed by atoms with van der Waals surface area (Å²) in [6, 6.07) is 0.664. The Hall–Kier alpha value is -0.0800. The Balaban J connectivity index is 3.10. The molecule has 0 fully saturated rings. The molecule has 2 heteroatoms. The monoisotopic (exact) mass is 201 g/mol. The van der Waals surface area contributed by atoms with Gasteiger partial charge in [-0.05, 0) is 45.1 Å². The highest BCUT2D eigenvalue weighted by atomic mass is 16.5. The van der Waals surface area contributed by atoms with Crippen molar-refractivity contribution in [2.45, 2.75) is 52.5 Å². The number of methoxy groups -OCH3 is 1. The summed E-state index contributed by atoms with van der Waals surface area (Å²) < 4.78 is 5.00. The average Bonchev–Trinajstić information content (AvgIpc) is 2.10. The smallest absolute Gasteiger partial charge is 0.0462 e. The van der Waals surface area contributed by atoms with Crippen molar-refractivity contribution in [3.63, 3.8) is 0 Å². The zero-order valence-electron chi connectivity index (χ0n) is 10.3. The fourth-order valence-electron chi connectivity index (χ4n) is 1.69. The molecule has 0 heterocycles. The number of nitrogens with one attached hydrogen (secondary N) is 1. The van der Waals surface area contributed by atoms with Gasteiger partial charge < -0.3 is 10.1 Å². The molecule has 0 aliphatic heterocycles. The third kappa shape index (κ3) is 10.0. The van der Waals surface area contributed by atoms with Gasteiger partial charge in [-0.1, -0.05) is 13.8 Å². The maximum absolute atomic E-state index is 5.00. The largest absolute Gasteiger partial charge is 0.385 e. The molecule has 0 radical (unpaired) electrons. The van der Waals surface area contributed by atoms with Gasteiger partial charge in [0.05, 0.1) is 0 Å². The zero-order valence-corrected chi connectivity index (χ0v) is 10.3. The Morgan fingerprint density at radius 1 is 1.07 bits per heavy atom. The first-order valence-electron chi connectivity index (χ1n) is 5.89. The minimum atomic E-state index is 0.664. The van der Waals surface area contributed by atoms with E-state index < -0.39 is 0 Å². The molecule has 0 spiro atoms. The lowest BCUT2D eigenvalue weighted by Crippen LogP contribution is -2.28. The first-order valence-corrected chi connectivity index (χ1v) is 5.89. The van der Waals surface area contributed by atoms with Gasteiger partial charge in [0, 0.05) is 19.8 Å². The van der Waals surface area contributed by atoms with Crippen LogP contribution in [0.2, 0.25) is 0 Å². The van der Waals surface area contributed by atoms with Crippen molar-refractivity contribution in [2.75, 3.05) is 20.3 Å². The van der Waals surface area contributed by atoms with E-state index >= 15 is 0 Å². The second-order valence-electron chi connectivity index (χ2n) is 4.54. The highest BCUT2D eigenvalue weighted by molar-refractivity contribution is 4.62. The molecule has 2 nitrogen and oxygen atoms in total. The van der Waals surface area contributed by atoms with E-state index in [1.54, 1.807) is 7.11 Å². The molecule has 1 N–H and O–H groups in total. The summed E-state index contributed by atoms with van der Waals surface area (Å²) in [5, 5.41) is 3.55. The highest BCUT2D eigenvalue weighted by Crippen LogP contribution is 2.04. The Bertz CT molecular complexity index is 115. The molecule has 0 aromatic heterocycles. The summed E-state index contributed by atoms with van der Waals surface area (Å²) >= 11 is 0. The lowest BCUT2D eigenvalue weighted by atomic mass is 10.1. The summed E-state index contributed by atoms with van der Waals surface area (Å²) in [4.78, 5) is 0. The van der Waals surface area contributed by atoms with Gasteiger partial charge >= 0.3 is 0 Å². The molecular weight excluding hydrogens is 174 g/mol. The van der Waals surface area contributed by atoms with Gasteiger partial charge in [0.1, 0.15) is 0 Å². The fraction of sp³-hybridized carbons (Fsp3) is 1.00. The summed E-state index contributed by atoms with van der Waals surface area (Å²) in [5.74, 6) is 0.797. The average molecular weight is 201 g/mol. The van der Waals surface area contributed by atoms with Crippen LogP contribution < -0.4 is 5.32 Å². The molecule has 0 aliphatic rings. The van der Waals surface area contributed by atoms with Gasteiger partial charge in [0.2, 0.25) is 0 Å². The fourth-order valence-corrected chi connectivity index (χ4v) is 1.69. The Morgan fingerprint density at radius 3 is 2.36 bits per heavy atom. The molecule has 0 bridgehead atoms. The molecule has 0 aromatic carbocycles. The van der Waals surface area contributed by atoms with Crippen LogP contribution >= 0.6 is 0 Å². The van der Waals surface area contributed by atoms with Gasteiger partial charge in [-0.2, -0.15) is 0 Å². The van der Waals surface area contributed by atoms with Crippen LogP contribution in [0.1, 0.15) is 46.5 Å². The summed E-state index contributed by atoms with van der Waals surface area (Å²) in [6.45, 7) is 8.88. The van der Waals surface area contributed by atoms with Gasteiger partial charge in [-0.25, -0.2) is 0 Å². The van der Waals surface area contributed by atoms with Crippen LogP contribution in [0.5, 0.6) is 0 Å². The molecule has 14 heavy (non-hydrogen) atoms. The molecule has 86 valence electrons. The van der Waals surface area contributed by atoms with E-state index in [-0.39, 0.29) is 0 Å². The number of hydrogen-bond acceptors (Lipinski definition) is 2. The second kappa shape index (κ2) is 9.47. The van der Waals surface area contributed by atoms with Gasteiger partial charge in [-0.3, -0.25) is 0 Å². The number of unbranched alkanes of at least 4 members (excludes halogenated alkanes) is 2. The van der Waals surface area contributed by atoms with Crippen molar-refractivity contribution in [1.29, 1.82) is 0 Å². The topological polar surface area (TPSA) is 21.3 Å².